The van der Waals surface area contributed by atoms with E-state index in [1.807, 2.05) is 0 Å². The molecule has 0 saturated heterocycles. The van der Waals surface area contributed by atoms with Crippen molar-refractivity contribution in [3.63, 3.8) is 0 Å². The first-order valence-electron chi connectivity index (χ1n) is 7.78. The summed E-state index contributed by atoms with van der Waals surface area (Å²) in [6.45, 7) is 0. The van der Waals surface area contributed by atoms with E-state index < -0.39 is 15.7 Å². The van der Waals surface area contributed by atoms with Crippen molar-refractivity contribution in [2.24, 2.45) is 0 Å². The molecule has 28 heavy (non-hydrogen) atoms. The van der Waals surface area contributed by atoms with Crippen LogP contribution >= 0.6 is 0 Å². The maximum atomic E-state index is 12.7. The van der Waals surface area contributed by atoms with E-state index in [0.717, 1.165) is 0 Å². The summed E-state index contributed by atoms with van der Waals surface area (Å²) in [7, 11) is -4.03. The standard InChI is InChI=1S/C19H12O6S.2Na/c20-11-5-7-13-16(9-11)24-17-10-12(21)6-8-14(17)19(13)15-3-1-2-4-18(15)26(22,23)25-19;;/h1-10,20-21H;;/q;2*+1/p-2. The molecular weight excluding hydrogens is 402 g/mol. The summed E-state index contributed by atoms with van der Waals surface area (Å²) in [5, 5.41) is 23.6. The molecule has 130 valence electrons. The minimum atomic E-state index is -4.03. The summed E-state index contributed by atoms with van der Waals surface area (Å²) in [5.74, 6) is -0.255. The van der Waals surface area contributed by atoms with Gasteiger partial charge in [-0.15, -0.1) is 11.5 Å². The van der Waals surface area contributed by atoms with Gasteiger partial charge >= 0.3 is 59.1 Å². The first kappa shape index (κ1) is 21.7. The number of hydrogen-bond acceptors (Lipinski definition) is 6. The SMILES string of the molecule is O=S1(=O)OC2(c3ccc([O-])cc3Oc3cc([O-])ccc32)c2ccccc21.[Na+].[Na+]. The number of fused-ring (bicyclic) bond motifs is 6. The van der Waals surface area contributed by atoms with Crippen molar-refractivity contribution in [1.82, 2.24) is 0 Å². The number of ether oxygens (including phenoxy) is 1. The molecule has 0 fully saturated rings. The van der Waals surface area contributed by atoms with E-state index in [-0.39, 0.29) is 87.0 Å². The van der Waals surface area contributed by atoms with Gasteiger partial charge in [0.1, 0.15) is 16.4 Å². The summed E-state index contributed by atoms with van der Waals surface area (Å²) in [6, 6.07) is 14.6. The fourth-order valence-corrected chi connectivity index (χ4v) is 5.04. The third kappa shape index (κ3) is 2.93. The summed E-state index contributed by atoms with van der Waals surface area (Å²) >= 11 is 0. The van der Waals surface area contributed by atoms with Gasteiger partial charge < -0.3 is 14.9 Å². The quantitative estimate of drug-likeness (QED) is 0.276. The smallest absolute Gasteiger partial charge is 0.872 e. The fraction of sp³-hybridized carbons (Fsp3) is 0.0526. The second-order valence-electron chi connectivity index (χ2n) is 6.13. The number of hydrogen-bond donors (Lipinski definition) is 0. The molecule has 2 aliphatic rings. The molecule has 0 amide bonds. The van der Waals surface area contributed by atoms with Crippen molar-refractivity contribution in [3.8, 4) is 23.0 Å². The number of benzene rings is 3. The van der Waals surface area contributed by atoms with Crippen molar-refractivity contribution < 1.29 is 86.7 Å². The fourth-order valence-electron chi connectivity index (χ4n) is 3.63. The van der Waals surface area contributed by atoms with Crippen LogP contribution in [0.15, 0.2) is 65.6 Å². The molecule has 0 bridgehead atoms. The van der Waals surface area contributed by atoms with E-state index in [0.29, 0.717) is 16.7 Å². The second kappa shape index (κ2) is 7.34. The van der Waals surface area contributed by atoms with Crippen LogP contribution in [-0.4, -0.2) is 8.42 Å². The van der Waals surface area contributed by atoms with Gasteiger partial charge in [0.15, 0.2) is 5.60 Å². The molecule has 0 unspecified atom stereocenters. The topological polar surface area (TPSA) is 98.7 Å². The molecule has 6 nitrogen and oxygen atoms in total. The summed E-state index contributed by atoms with van der Waals surface area (Å²) < 4.78 is 36.8. The van der Waals surface area contributed by atoms with Crippen LogP contribution in [0.4, 0.5) is 0 Å². The Hall–Kier alpha value is -1.03. The van der Waals surface area contributed by atoms with Gasteiger partial charge in [-0.1, -0.05) is 42.5 Å². The molecule has 1 spiro atoms. The Morgan fingerprint density at radius 2 is 1.29 bits per heavy atom. The van der Waals surface area contributed by atoms with Gasteiger partial charge in [-0.25, -0.2) is 4.18 Å². The molecule has 0 radical (unpaired) electrons. The van der Waals surface area contributed by atoms with Gasteiger partial charge in [0.2, 0.25) is 0 Å². The zero-order valence-corrected chi connectivity index (χ0v) is 19.9. The third-order valence-corrected chi connectivity index (χ3v) is 6.02. The maximum absolute atomic E-state index is 12.7. The molecule has 0 atom stereocenters. The third-order valence-electron chi connectivity index (χ3n) is 4.66. The van der Waals surface area contributed by atoms with Crippen LogP contribution in [0.3, 0.4) is 0 Å². The van der Waals surface area contributed by atoms with E-state index in [2.05, 4.69) is 0 Å². The Kier molecular flexibility index (Phi) is 5.68. The predicted molar refractivity (Wildman–Crippen MR) is 86.4 cm³/mol. The minimum Gasteiger partial charge on any atom is -0.872 e. The molecule has 0 N–H and O–H groups in total. The first-order chi connectivity index (χ1) is 12.4. The average molecular weight is 412 g/mol. The van der Waals surface area contributed by atoms with Crippen LogP contribution in [0, 0.1) is 0 Å². The average Bonchev–Trinajstić information content (AvgIpc) is 2.83. The second-order valence-corrected chi connectivity index (χ2v) is 7.65. The van der Waals surface area contributed by atoms with Crippen LogP contribution < -0.4 is 74.1 Å². The number of rotatable bonds is 0. The van der Waals surface area contributed by atoms with Gasteiger partial charge in [0.25, 0.3) is 10.1 Å². The molecule has 0 saturated carbocycles. The molecule has 0 aromatic heterocycles. The van der Waals surface area contributed by atoms with Gasteiger partial charge in [0, 0.05) is 16.7 Å². The monoisotopic (exact) mass is 412 g/mol. The van der Waals surface area contributed by atoms with Gasteiger partial charge in [-0.2, -0.15) is 8.42 Å². The normalized spacial score (nSPS) is 16.6. The summed E-state index contributed by atoms with van der Waals surface area (Å²) in [6.07, 6.45) is 0. The van der Waals surface area contributed by atoms with Crippen LogP contribution in [0.5, 0.6) is 23.0 Å². The Labute approximate surface area is 205 Å². The molecule has 9 heteroatoms. The van der Waals surface area contributed by atoms with Gasteiger partial charge in [-0.3, -0.25) is 0 Å². The van der Waals surface area contributed by atoms with E-state index in [9.17, 15) is 18.6 Å². The zero-order valence-electron chi connectivity index (χ0n) is 15.1. The maximum Gasteiger partial charge on any atom is 1.00 e. The zero-order chi connectivity index (χ0) is 18.1. The van der Waals surface area contributed by atoms with Crippen molar-refractivity contribution in [2.45, 2.75) is 10.5 Å². The van der Waals surface area contributed by atoms with Crippen LogP contribution in [-0.2, 0) is 19.9 Å². The van der Waals surface area contributed by atoms with Crippen molar-refractivity contribution in [1.29, 1.82) is 0 Å². The van der Waals surface area contributed by atoms with Crippen molar-refractivity contribution in [3.05, 3.63) is 77.4 Å². The van der Waals surface area contributed by atoms with Crippen molar-refractivity contribution >= 4 is 10.1 Å². The summed E-state index contributed by atoms with van der Waals surface area (Å²) in [5.41, 5.74) is -0.281. The Morgan fingerprint density at radius 1 is 0.750 bits per heavy atom. The largest absolute Gasteiger partial charge is 1.00 e. The van der Waals surface area contributed by atoms with E-state index in [1.165, 1.54) is 42.5 Å². The molecule has 2 aliphatic heterocycles. The molecule has 5 rings (SSSR count). The molecular formula is C19H10Na2O6S. The molecule has 0 aliphatic carbocycles. The Morgan fingerprint density at radius 3 is 1.86 bits per heavy atom. The minimum absolute atomic E-state index is 0. The van der Waals surface area contributed by atoms with Crippen LogP contribution in [0.2, 0.25) is 0 Å². The molecule has 3 aromatic carbocycles. The van der Waals surface area contributed by atoms with E-state index in [1.54, 1.807) is 18.2 Å². The van der Waals surface area contributed by atoms with E-state index >= 15 is 0 Å². The predicted octanol–water partition coefficient (Wildman–Crippen LogP) is -4.04. The van der Waals surface area contributed by atoms with E-state index in [4.69, 9.17) is 8.92 Å². The van der Waals surface area contributed by atoms with Crippen LogP contribution in [0.1, 0.15) is 16.7 Å². The first-order valence-corrected chi connectivity index (χ1v) is 9.19. The molecule has 3 aromatic rings. The van der Waals surface area contributed by atoms with Crippen molar-refractivity contribution in [2.75, 3.05) is 0 Å². The Balaban J connectivity index is 0.00000112. The van der Waals surface area contributed by atoms with Crippen LogP contribution in [0.25, 0.3) is 0 Å². The van der Waals surface area contributed by atoms with Gasteiger partial charge in [-0.05, 0) is 18.2 Å². The summed E-state index contributed by atoms with van der Waals surface area (Å²) in [4.78, 5) is 0.0520. The van der Waals surface area contributed by atoms with Gasteiger partial charge in [0.05, 0.1) is 0 Å². The Bertz CT molecular complexity index is 1140. The molecule has 2 heterocycles.